The van der Waals surface area contributed by atoms with Gasteiger partial charge in [0.25, 0.3) is 0 Å². The van der Waals surface area contributed by atoms with E-state index in [4.69, 9.17) is 0 Å². The monoisotopic (exact) mass is 240 g/mol. The molecule has 1 heterocycles. The second-order valence-corrected chi connectivity index (χ2v) is 6.31. The minimum atomic E-state index is -3.34. The highest BCUT2D eigenvalue weighted by molar-refractivity contribution is 7.90. The quantitative estimate of drug-likeness (QED) is 0.778. The van der Waals surface area contributed by atoms with E-state index in [-0.39, 0.29) is 0 Å². The Morgan fingerprint density at radius 1 is 1.31 bits per heavy atom. The summed E-state index contributed by atoms with van der Waals surface area (Å²) < 4.78 is 26.9. The van der Waals surface area contributed by atoms with Crippen molar-refractivity contribution in [1.82, 2.24) is 4.31 Å². The highest BCUT2D eigenvalue weighted by Gasteiger charge is 2.30. The van der Waals surface area contributed by atoms with E-state index in [0.717, 1.165) is 23.2 Å². The molecule has 1 aromatic carbocycles. The molecule has 1 aliphatic heterocycles. The number of rotatable bonds is 2. The lowest BCUT2D eigenvalue weighted by atomic mass is 10.1. The van der Waals surface area contributed by atoms with Crippen molar-refractivity contribution in [1.29, 1.82) is 0 Å². The Morgan fingerprint density at radius 2 is 2.00 bits per heavy atom. The van der Waals surface area contributed by atoms with Crippen LogP contribution in [0.25, 0.3) is 0 Å². The van der Waals surface area contributed by atoms with Crippen molar-refractivity contribution in [2.45, 2.75) is 13.3 Å². The molecule has 2 rings (SSSR count). The lowest BCUT2D eigenvalue weighted by Gasteiger charge is -2.23. The molecule has 0 N–H and O–H groups in total. The summed E-state index contributed by atoms with van der Waals surface area (Å²) in [5.41, 5.74) is 3.02. The Balaban J connectivity index is 2.48. The molecule has 5 heteroatoms. The topological polar surface area (TPSA) is 40.6 Å². The van der Waals surface area contributed by atoms with Gasteiger partial charge in [-0.05, 0) is 30.5 Å². The van der Waals surface area contributed by atoms with Crippen molar-refractivity contribution in [2.24, 2.45) is 0 Å². The molecular weight excluding hydrogens is 224 g/mol. The summed E-state index contributed by atoms with van der Waals surface area (Å²) >= 11 is 0. The van der Waals surface area contributed by atoms with Crippen molar-refractivity contribution in [2.75, 3.05) is 24.9 Å². The van der Waals surface area contributed by atoms with Crippen molar-refractivity contribution in [3.8, 4) is 0 Å². The third kappa shape index (κ3) is 1.70. The first-order chi connectivity index (χ1) is 7.43. The van der Waals surface area contributed by atoms with Crippen LogP contribution in [0.15, 0.2) is 18.2 Å². The standard InChI is InChI=1S/C11H16N2O2S/c1-9-4-5-10-6-7-13(11(10)8-9)16(14,15)12(2)3/h4-5,8H,6-7H2,1-3H3. The number of nitrogens with zero attached hydrogens (tertiary/aromatic N) is 2. The van der Waals surface area contributed by atoms with Crippen LogP contribution in [0.2, 0.25) is 0 Å². The van der Waals surface area contributed by atoms with Crippen LogP contribution in [0, 0.1) is 6.92 Å². The second-order valence-electron chi connectivity index (χ2n) is 4.24. The van der Waals surface area contributed by atoms with Crippen molar-refractivity contribution in [3.05, 3.63) is 29.3 Å². The van der Waals surface area contributed by atoms with Crippen molar-refractivity contribution in [3.63, 3.8) is 0 Å². The van der Waals surface area contributed by atoms with Gasteiger partial charge in [0.2, 0.25) is 0 Å². The summed E-state index contributed by atoms with van der Waals surface area (Å²) in [6.07, 6.45) is 0.794. The average molecular weight is 240 g/mol. The van der Waals surface area contributed by atoms with Gasteiger partial charge in [-0.25, -0.2) is 0 Å². The summed E-state index contributed by atoms with van der Waals surface area (Å²) in [5.74, 6) is 0. The molecule has 0 saturated heterocycles. The first kappa shape index (κ1) is 11.4. The Morgan fingerprint density at radius 3 is 2.62 bits per heavy atom. The fourth-order valence-corrected chi connectivity index (χ4v) is 3.03. The Bertz CT molecular complexity index is 509. The molecule has 0 saturated carbocycles. The molecule has 0 fully saturated rings. The first-order valence-corrected chi connectivity index (χ1v) is 6.62. The summed E-state index contributed by atoms with van der Waals surface area (Å²) in [5, 5.41) is 0. The van der Waals surface area contributed by atoms with Crippen molar-refractivity contribution < 1.29 is 8.42 Å². The predicted octanol–water partition coefficient (Wildman–Crippen LogP) is 1.16. The molecule has 0 aromatic heterocycles. The number of hydrogen-bond donors (Lipinski definition) is 0. The van der Waals surface area contributed by atoms with Gasteiger partial charge < -0.3 is 0 Å². The third-order valence-electron chi connectivity index (χ3n) is 2.83. The Hall–Kier alpha value is -1.07. The largest absolute Gasteiger partial charge is 0.303 e. The van der Waals surface area contributed by atoms with E-state index < -0.39 is 10.2 Å². The van der Waals surface area contributed by atoms with Gasteiger partial charge in [-0.2, -0.15) is 12.7 Å². The number of fused-ring (bicyclic) bond motifs is 1. The maximum Gasteiger partial charge on any atom is 0.303 e. The normalized spacial score (nSPS) is 15.6. The molecule has 0 radical (unpaired) electrons. The van der Waals surface area contributed by atoms with Gasteiger partial charge in [-0.1, -0.05) is 12.1 Å². The molecule has 1 aliphatic rings. The Kier molecular flexibility index (Phi) is 2.67. The van der Waals surface area contributed by atoms with E-state index in [0.29, 0.717) is 6.54 Å². The van der Waals surface area contributed by atoms with E-state index in [1.165, 1.54) is 8.61 Å². The fourth-order valence-electron chi connectivity index (χ4n) is 1.90. The molecule has 88 valence electrons. The Labute approximate surface area is 96.7 Å². The van der Waals surface area contributed by atoms with E-state index >= 15 is 0 Å². The first-order valence-electron chi connectivity index (χ1n) is 5.22. The van der Waals surface area contributed by atoms with Crippen molar-refractivity contribution >= 4 is 15.9 Å². The minimum absolute atomic E-state index is 0.541. The average Bonchev–Trinajstić information content (AvgIpc) is 2.60. The van der Waals surface area contributed by atoms with Crippen LogP contribution in [0.4, 0.5) is 5.69 Å². The van der Waals surface area contributed by atoms with Crippen LogP contribution in [0.3, 0.4) is 0 Å². The van der Waals surface area contributed by atoms with Gasteiger partial charge in [0.05, 0.1) is 5.69 Å². The van der Waals surface area contributed by atoms with Crippen LogP contribution in [0.5, 0.6) is 0 Å². The van der Waals surface area contributed by atoms with Crippen LogP contribution in [0.1, 0.15) is 11.1 Å². The van der Waals surface area contributed by atoms with Crippen LogP contribution < -0.4 is 4.31 Å². The molecule has 0 aliphatic carbocycles. The number of anilines is 1. The molecule has 1 aromatic rings. The third-order valence-corrected chi connectivity index (χ3v) is 4.69. The van der Waals surface area contributed by atoms with Gasteiger partial charge in [0, 0.05) is 20.6 Å². The summed E-state index contributed by atoms with van der Waals surface area (Å²) in [6.45, 7) is 2.51. The molecule has 0 amide bonds. The second kappa shape index (κ2) is 3.75. The predicted molar refractivity (Wildman–Crippen MR) is 64.8 cm³/mol. The van der Waals surface area contributed by atoms with E-state index in [1.54, 1.807) is 14.1 Å². The molecule has 0 unspecified atom stereocenters. The summed E-state index contributed by atoms with van der Waals surface area (Å²) in [6, 6.07) is 5.96. The highest BCUT2D eigenvalue weighted by Crippen LogP contribution is 2.31. The van der Waals surface area contributed by atoms with Crippen LogP contribution in [-0.4, -0.2) is 33.4 Å². The van der Waals surface area contributed by atoms with Crippen LogP contribution in [-0.2, 0) is 16.6 Å². The smallest absolute Gasteiger partial charge is 0.257 e. The molecule has 0 spiro atoms. The maximum atomic E-state index is 12.1. The minimum Gasteiger partial charge on any atom is -0.257 e. The SMILES string of the molecule is Cc1ccc2c(c1)N(S(=O)(=O)N(C)C)CC2. The molecular formula is C11H16N2O2S. The number of benzene rings is 1. The lowest BCUT2D eigenvalue weighted by Crippen LogP contribution is -2.39. The molecule has 4 nitrogen and oxygen atoms in total. The lowest BCUT2D eigenvalue weighted by molar-refractivity contribution is 0.517. The van der Waals surface area contributed by atoms with Gasteiger partial charge in [-0.15, -0.1) is 0 Å². The molecule has 16 heavy (non-hydrogen) atoms. The summed E-state index contributed by atoms with van der Waals surface area (Å²) in [7, 11) is -0.223. The van der Waals surface area contributed by atoms with Crippen LogP contribution >= 0.6 is 0 Å². The fraction of sp³-hybridized carbons (Fsp3) is 0.455. The van der Waals surface area contributed by atoms with Gasteiger partial charge in [0.1, 0.15) is 0 Å². The highest BCUT2D eigenvalue weighted by atomic mass is 32.2. The van der Waals surface area contributed by atoms with Gasteiger partial charge >= 0.3 is 10.2 Å². The van der Waals surface area contributed by atoms with Gasteiger partial charge in [-0.3, -0.25) is 4.31 Å². The molecule has 0 atom stereocenters. The van der Waals surface area contributed by atoms with E-state index in [2.05, 4.69) is 0 Å². The molecule has 0 bridgehead atoms. The zero-order valence-corrected chi connectivity index (χ0v) is 10.6. The van der Waals surface area contributed by atoms with E-state index in [1.807, 2.05) is 25.1 Å². The zero-order valence-electron chi connectivity index (χ0n) is 9.77. The zero-order chi connectivity index (χ0) is 11.9. The number of hydrogen-bond acceptors (Lipinski definition) is 2. The summed E-state index contributed by atoms with van der Waals surface area (Å²) in [4.78, 5) is 0. The number of aryl methyl sites for hydroxylation is 1. The van der Waals surface area contributed by atoms with E-state index in [9.17, 15) is 8.42 Å². The van der Waals surface area contributed by atoms with Gasteiger partial charge in [0.15, 0.2) is 0 Å². The maximum absolute atomic E-state index is 12.1.